The van der Waals surface area contributed by atoms with Gasteiger partial charge in [-0.25, -0.2) is 8.42 Å². The van der Waals surface area contributed by atoms with Gasteiger partial charge in [-0.2, -0.15) is 4.31 Å². The zero-order valence-electron chi connectivity index (χ0n) is 18.2. The fourth-order valence-electron chi connectivity index (χ4n) is 4.43. The minimum Gasteiger partial charge on any atom is -0.341 e. The van der Waals surface area contributed by atoms with Crippen molar-refractivity contribution < 1.29 is 13.2 Å². The first-order valence-corrected chi connectivity index (χ1v) is 12.5. The summed E-state index contributed by atoms with van der Waals surface area (Å²) in [7, 11) is -3.53. The number of carbonyl (C=O) groups excluding carboxylic acids is 1. The molecule has 2 fully saturated rings. The maximum Gasteiger partial charge on any atom is 0.243 e. The summed E-state index contributed by atoms with van der Waals surface area (Å²) in [6.45, 7) is 8.33. The predicted octanol–water partition coefficient (Wildman–Crippen LogP) is 4.18. The summed E-state index contributed by atoms with van der Waals surface area (Å²) in [6, 6.07) is 7.25. The molecule has 6 heteroatoms. The third kappa shape index (κ3) is 5.60. The minimum absolute atomic E-state index is 0.00983. The van der Waals surface area contributed by atoms with Crippen molar-refractivity contribution in [2.75, 3.05) is 26.2 Å². The summed E-state index contributed by atoms with van der Waals surface area (Å²) in [5, 5.41) is 0. The van der Waals surface area contributed by atoms with Crippen molar-refractivity contribution in [2.24, 2.45) is 5.92 Å². The number of benzene rings is 1. The Bertz CT molecular complexity index is 790. The molecular weight excluding hydrogens is 384 g/mol. The fraction of sp³-hybridized carbons (Fsp3) is 0.696. The van der Waals surface area contributed by atoms with E-state index in [1.54, 1.807) is 16.4 Å². The number of amides is 1. The van der Waals surface area contributed by atoms with Crippen LogP contribution in [0.5, 0.6) is 0 Å². The Morgan fingerprint density at radius 1 is 0.931 bits per heavy atom. The minimum atomic E-state index is -3.53. The lowest BCUT2D eigenvalue weighted by atomic mass is 9.86. The summed E-state index contributed by atoms with van der Waals surface area (Å²) in [5.41, 5.74) is 1.11. The second kappa shape index (κ2) is 9.17. The SMILES string of the molecule is CC(C)(C)c1ccc(S(=O)(=O)N2CCCN(C(=O)CC3CCCCC3)CC2)cc1. The highest BCUT2D eigenvalue weighted by Gasteiger charge is 2.29. The van der Waals surface area contributed by atoms with Crippen molar-refractivity contribution in [3.05, 3.63) is 29.8 Å². The van der Waals surface area contributed by atoms with Crippen LogP contribution in [0.1, 0.15) is 71.3 Å². The number of hydrogen-bond donors (Lipinski definition) is 0. The van der Waals surface area contributed by atoms with Gasteiger partial charge in [0.2, 0.25) is 15.9 Å². The van der Waals surface area contributed by atoms with Gasteiger partial charge in [-0.1, -0.05) is 52.2 Å². The van der Waals surface area contributed by atoms with E-state index in [1.807, 2.05) is 17.0 Å². The maximum absolute atomic E-state index is 13.1. The van der Waals surface area contributed by atoms with Crippen molar-refractivity contribution in [2.45, 2.75) is 76.0 Å². The molecule has 1 amide bonds. The van der Waals surface area contributed by atoms with E-state index in [-0.39, 0.29) is 11.3 Å². The molecule has 29 heavy (non-hydrogen) atoms. The molecule has 0 unspecified atom stereocenters. The molecule has 162 valence electrons. The molecule has 0 radical (unpaired) electrons. The Morgan fingerprint density at radius 3 is 2.21 bits per heavy atom. The van der Waals surface area contributed by atoms with Crippen LogP contribution in [0.15, 0.2) is 29.2 Å². The smallest absolute Gasteiger partial charge is 0.243 e. The summed E-state index contributed by atoms with van der Waals surface area (Å²) < 4.78 is 27.8. The molecule has 1 aliphatic carbocycles. The monoisotopic (exact) mass is 420 g/mol. The van der Waals surface area contributed by atoms with Gasteiger partial charge in [-0.05, 0) is 48.3 Å². The Morgan fingerprint density at radius 2 is 1.59 bits per heavy atom. The van der Waals surface area contributed by atoms with Crippen LogP contribution < -0.4 is 0 Å². The van der Waals surface area contributed by atoms with E-state index in [4.69, 9.17) is 0 Å². The van der Waals surface area contributed by atoms with Crippen LogP contribution in [-0.4, -0.2) is 49.7 Å². The van der Waals surface area contributed by atoms with Crippen LogP contribution in [0.25, 0.3) is 0 Å². The summed E-state index contributed by atoms with van der Waals surface area (Å²) in [4.78, 5) is 15.0. The molecule has 2 aliphatic rings. The lowest BCUT2D eigenvalue weighted by molar-refractivity contribution is -0.132. The molecule has 3 rings (SSSR count). The van der Waals surface area contributed by atoms with Gasteiger partial charge in [0.15, 0.2) is 0 Å². The first-order chi connectivity index (χ1) is 13.7. The van der Waals surface area contributed by atoms with E-state index < -0.39 is 10.0 Å². The lowest BCUT2D eigenvalue weighted by Crippen LogP contribution is -2.38. The average molecular weight is 421 g/mol. The highest BCUT2D eigenvalue weighted by atomic mass is 32.2. The van der Waals surface area contributed by atoms with Crippen LogP contribution in [-0.2, 0) is 20.2 Å². The molecule has 1 saturated heterocycles. The number of hydrogen-bond acceptors (Lipinski definition) is 3. The van der Waals surface area contributed by atoms with Crippen molar-refractivity contribution >= 4 is 15.9 Å². The van der Waals surface area contributed by atoms with Crippen molar-refractivity contribution in [3.63, 3.8) is 0 Å². The quantitative estimate of drug-likeness (QED) is 0.734. The molecule has 0 atom stereocenters. The van der Waals surface area contributed by atoms with E-state index >= 15 is 0 Å². The van der Waals surface area contributed by atoms with Gasteiger partial charge in [0.05, 0.1) is 4.90 Å². The maximum atomic E-state index is 13.1. The van der Waals surface area contributed by atoms with Gasteiger partial charge in [-0.15, -0.1) is 0 Å². The molecule has 1 aliphatic heterocycles. The van der Waals surface area contributed by atoms with E-state index in [9.17, 15) is 13.2 Å². The molecule has 0 spiro atoms. The lowest BCUT2D eigenvalue weighted by Gasteiger charge is -2.26. The predicted molar refractivity (Wildman–Crippen MR) is 116 cm³/mol. The molecule has 1 aromatic carbocycles. The molecule has 1 heterocycles. The molecular formula is C23H36N2O3S. The Hall–Kier alpha value is -1.40. The molecule has 1 saturated carbocycles. The standard InChI is InChI=1S/C23H36N2O3S/c1-23(2,3)20-10-12-21(13-11-20)29(27,28)25-15-7-14-24(16-17-25)22(26)18-19-8-5-4-6-9-19/h10-13,19H,4-9,14-18H2,1-3H3. The first-order valence-electron chi connectivity index (χ1n) is 11.1. The van der Waals surface area contributed by atoms with Crippen LogP contribution in [0.4, 0.5) is 0 Å². The van der Waals surface area contributed by atoms with Gasteiger partial charge in [-0.3, -0.25) is 4.79 Å². The zero-order chi connectivity index (χ0) is 21.1. The van der Waals surface area contributed by atoms with Crippen LogP contribution >= 0.6 is 0 Å². The summed E-state index contributed by atoms with van der Waals surface area (Å²) in [6.07, 6.45) is 7.39. The van der Waals surface area contributed by atoms with E-state index in [1.165, 1.54) is 19.3 Å². The second-order valence-corrected chi connectivity index (χ2v) is 11.6. The zero-order valence-corrected chi connectivity index (χ0v) is 19.0. The van der Waals surface area contributed by atoms with Gasteiger partial charge in [0.1, 0.15) is 0 Å². The number of nitrogens with zero attached hydrogens (tertiary/aromatic N) is 2. The van der Waals surface area contributed by atoms with Crippen LogP contribution in [0.2, 0.25) is 0 Å². The highest BCUT2D eigenvalue weighted by Crippen LogP contribution is 2.28. The van der Waals surface area contributed by atoms with Gasteiger partial charge >= 0.3 is 0 Å². The Labute approximate surface area is 176 Å². The Kier molecular flexibility index (Phi) is 7.05. The molecule has 1 aromatic rings. The topological polar surface area (TPSA) is 57.7 Å². The number of carbonyl (C=O) groups is 1. The summed E-state index contributed by atoms with van der Waals surface area (Å²) >= 11 is 0. The first kappa shape index (κ1) is 22.3. The average Bonchev–Trinajstić information content (AvgIpc) is 2.95. The normalized spacial score (nSPS) is 20.4. The largest absolute Gasteiger partial charge is 0.341 e. The number of sulfonamides is 1. The molecule has 0 N–H and O–H groups in total. The molecule has 5 nitrogen and oxygen atoms in total. The van der Waals surface area contributed by atoms with E-state index in [2.05, 4.69) is 20.8 Å². The van der Waals surface area contributed by atoms with Crippen molar-refractivity contribution in [1.82, 2.24) is 9.21 Å². The van der Waals surface area contributed by atoms with Gasteiger partial charge in [0, 0.05) is 32.6 Å². The van der Waals surface area contributed by atoms with Crippen molar-refractivity contribution in [1.29, 1.82) is 0 Å². The van der Waals surface area contributed by atoms with E-state index in [0.717, 1.165) is 18.4 Å². The second-order valence-electron chi connectivity index (χ2n) is 9.62. The van der Waals surface area contributed by atoms with Gasteiger partial charge in [0.25, 0.3) is 0 Å². The highest BCUT2D eigenvalue weighted by molar-refractivity contribution is 7.89. The third-order valence-electron chi connectivity index (χ3n) is 6.35. The van der Waals surface area contributed by atoms with E-state index in [0.29, 0.717) is 49.8 Å². The fourth-order valence-corrected chi connectivity index (χ4v) is 5.90. The molecule has 0 aromatic heterocycles. The summed E-state index contributed by atoms with van der Waals surface area (Å²) in [5.74, 6) is 0.714. The van der Waals surface area contributed by atoms with Gasteiger partial charge < -0.3 is 4.90 Å². The molecule has 0 bridgehead atoms. The van der Waals surface area contributed by atoms with Crippen molar-refractivity contribution in [3.8, 4) is 0 Å². The third-order valence-corrected chi connectivity index (χ3v) is 8.27. The number of rotatable bonds is 4. The Balaban J connectivity index is 1.62. The van der Waals surface area contributed by atoms with Crippen LogP contribution in [0, 0.1) is 5.92 Å². The van der Waals surface area contributed by atoms with Crippen LogP contribution in [0.3, 0.4) is 0 Å².